The summed E-state index contributed by atoms with van der Waals surface area (Å²) in [6, 6.07) is 14.5. The van der Waals surface area contributed by atoms with Crippen molar-refractivity contribution < 1.29 is 9.90 Å². The fourth-order valence-corrected chi connectivity index (χ4v) is 1.89. The highest BCUT2D eigenvalue weighted by atomic mass is 35.5. The van der Waals surface area contributed by atoms with Crippen molar-refractivity contribution in [3.8, 4) is 0 Å². The third kappa shape index (κ3) is 4.00. The fourth-order valence-electron chi connectivity index (χ4n) is 1.76. The molecule has 0 unspecified atom stereocenters. The maximum atomic E-state index is 10.8. The minimum atomic E-state index is -0.915. The van der Waals surface area contributed by atoms with Crippen LogP contribution < -0.4 is 5.32 Å². The van der Waals surface area contributed by atoms with Crippen LogP contribution in [0, 0.1) is 0 Å². The number of hydrogen-bond donors (Lipinski definition) is 2. The summed E-state index contributed by atoms with van der Waals surface area (Å²) in [7, 11) is 0. The molecule has 2 aromatic rings. The van der Waals surface area contributed by atoms with Gasteiger partial charge in [0.2, 0.25) is 0 Å². The first-order valence-electron chi connectivity index (χ1n) is 5.97. The SMILES string of the molecule is O=C(O)c1cccc(NCCc2ccc(Cl)cc2)c1. The van der Waals surface area contributed by atoms with Crippen molar-refractivity contribution in [2.24, 2.45) is 0 Å². The van der Waals surface area contributed by atoms with Gasteiger partial charge in [0.1, 0.15) is 0 Å². The molecule has 0 heterocycles. The number of carbonyl (C=O) groups is 1. The summed E-state index contributed by atoms with van der Waals surface area (Å²) in [4.78, 5) is 10.8. The van der Waals surface area contributed by atoms with Gasteiger partial charge in [0, 0.05) is 17.3 Å². The number of nitrogens with one attached hydrogen (secondary N) is 1. The van der Waals surface area contributed by atoms with Gasteiger partial charge in [0.15, 0.2) is 0 Å². The van der Waals surface area contributed by atoms with Gasteiger partial charge < -0.3 is 10.4 Å². The summed E-state index contributed by atoms with van der Waals surface area (Å²) in [6.45, 7) is 0.741. The highest BCUT2D eigenvalue weighted by molar-refractivity contribution is 6.30. The molecule has 0 fully saturated rings. The molecule has 0 amide bonds. The Morgan fingerprint density at radius 1 is 1.16 bits per heavy atom. The Morgan fingerprint density at radius 2 is 1.89 bits per heavy atom. The van der Waals surface area contributed by atoms with Gasteiger partial charge >= 0.3 is 5.97 Å². The maximum Gasteiger partial charge on any atom is 0.335 e. The Morgan fingerprint density at radius 3 is 2.58 bits per heavy atom. The number of aromatic carboxylic acids is 1. The van der Waals surface area contributed by atoms with Crippen LogP contribution in [-0.2, 0) is 6.42 Å². The Bertz CT molecular complexity index is 567. The lowest BCUT2D eigenvalue weighted by molar-refractivity contribution is 0.0697. The van der Waals surface area contributed by atoms with Gasteiger partial charge in [-0.1, -0.05) is 29.8 Å². The van der Waals surface area contributed by atoms with Gasteiger partial charge in [-0.3, -0.25) is 0 Å². The van der Waals surface area contributed by atoms with E-state index < -0.39 is 5.97 Å². The van der Waals surface area contributed by atoms with Crippen molar-refractivity contribution in [3.63, 3.8) is 0 Å². The predicted octanol–water partition coefficient (Wildman–Crippen LogP) is 3.69. The second kappa shape index (κ2) is 6.25. The number of rotatable bonds is 5. The summed E-state index contributed by atoms with van der Waals surface area (Å²) in [5.74, 6) is -0.915. The molecule has 2 rings (SSSR count). The first kappa shape index (κ1) is 13.4. The lowest BCUT2D eigenvalue weighted by atomic mass is 10.1. The molecule has 0 spiro atoms. The largest absolute Gasteiger partial charge is 0.478 e. The lowest BCUT2D eigenvalue weighted by Gasteiger charge is -2.07. The monoisotopic (exact) mass is 275 g/mol. The zero-order valence-corrected chi connectivity index (χ0v) is 11.0. The van der Waals surface area contributed by atoms with E-state index in [2.05, 4.69) is 5.32 Å². The molecule has 0 aliphatic heterocycles. The first-order valence-corrected chi connectivity index (χ1v) is 6.34. The smallest absolute Gasteiger partial charge is 0.335 e. The topological polar surface area (TPSA) is 49.3 Å². The molecule has 2 aromatic carbocycles. The third-order valence-corrected chi connectivity index (χ3v) is 3.02. The Kier molecular flexibility index (Phi) is 4.42. The highest BCUT2D eigenvalue weighted by Crippen LogP contribution is 2.12. The standard InChI is InChI=1S/C15H14ClNO2/c16-13-6-4-11(5-7-13)8-9-17-14-3-1-2-12(10-14)15(18)19/h1-7,10,17H,8-9H2,(H,18,19). The van der Waals surface area contributed by atoms with E-state index in [1.54, 1.807) is 18.2 Å². The zero-order chi connectivity index (χ0) is 13.7. The Balaban J connectivity index is 1.90. The molecular formula is C15H14ClNO2. The van der Waals surface area contributed by atoms with E-state index in [9.17, 15) is 4.79 Å². The van der Waals surface area contributed by atoms with Crippen molar-refractivity contribution >= 4 is 23.3 Å². The Hall–Kier alpha value is -2.00. The molecule has 19 heavy (non-hydrogen) atoms. The predicted molar refractivity (Wildman–Crippen MR) is 77.0 cm³/mol. The van der Waals surface area contributed by atoms with Crippen LogP contribution in [0.1, 0.15) is 15.9 Å². The molecule has 2 N–H and O–H groups in total. The second-order valence-electron chi connectivity index (χ2n) is 4.19. The number of benzene rings is 2. The fraction of sp³-hybridized carbons (Fsp3) is 0.133. The van der Waals surface area contributed by atoms with Crippen LogP contribution in [0.15, 0.2) is 48.5 Å². The molecule has 3 nitrogen and oxygen atoms in total. The molecule has 4 heteroatoms. The highest BCUT2D eigenvalue weighted by Gasteiger charge is 2.02. The van der Waals surface area contributed by atoms with Gasteiger partial charge in [0.05, 0.1) is 5.56 Å². The quantitative estimate of drug-likeness (QED) is 0.875. The molecule has 0 saturated carbocycles. The summed E-state index contributed by atoms with van der Waals surface area (Å²) in [6.07, 6.45) is 0.856. The molecule has 0 atom stereocenters. The number of halogens is 1. The van der Waals surface area contributed by atoms with Gasteiger partial charge in [-0.2, -0.15) is 0 Å². The maximum absolute atomic E-state index is 10.8. The average molecular weight is 276 g/mol. The normalized spacial score (nSPS) is 10.2. The van der Waals surface area contributed by atoms with Crippen LogP contribution >= 0.6 is 11.6 Å². The van der Waals surface area contributed by atoms with E-state index in [1.807, 2.05) is 30.3 Å². The van der Waals surface area contributed by atoms with E-state index >= 15 is 0 Å². The Labute approximate surface area is 116 Å². The van der Waals surface area contributed by atoms with Gasteiger partial charge in [-0.05, 0) is 42.3 Å². The summed E-state index contributed by atoms with van der Waals surface area (Å²) in [5.41, 5.74) is 2.29. The molecule has 0 aliphatic rings. The van der Waals surface area contributed by atoms with E-state index in [0.29, 0.717) is 0 Å². The number of anilines is 1. The first-order chi connectivity index (χ1) is 9.15. The molecule has 0 bridgehead atoms. The van der Waals surface area contributed by atoms with Gasteiger partial charge in [-0.15, -0.1) is 0 Å². The average Bonchev–Trinajstić information content (AvgIpc) is 2.41. The van der Waals surface area contributed by atoms with Gasteiger partial charge in [-0.25, -0.2) is 4.79 Å². The van der Waals surface area contributed by atoms with Crippen molar-refractivity contribution in [1.29, 1.82) is 0 Å². The molecule has 0 aliphatic carbocycles. The number of carboxylic acid groups (broad SMARTS) is 1. The van der Waals surface area contributed by atoms with Crippen LogP contribution in [-0.4, -0.2) is 17.6 Å². The van der Waals surface area contributed by atoms with E-state index in [0.717, 1.165) is 23.7 Å². The second-order valence-corrected chi connectivity index (χ2v) is 4.63. The molecule has 0 radical (unpaired) electrons. The minimum Gasteiger partial charge on any atom is -0.478 e. The molecule has 98 valence electrons. The van der Waals surface area contributed by atoms with Crippen molar-refractivity contribution in [2.75, 3.05) is 11.9 Å². The van der Waals surface area contributed by atoms with Crippen LogP contribution in [0.2, 0.25) is 5.02 Å². The zero-order valence-electron chi connectivity index (χ0n) is 10.3. The summed E-state index contributed by atoms with van der Waals surface area (Å²) < 4.78 is 0. The third-order valence-electron chi connectivity index (χ3n) is 2.77. The van der Waals surface area contributed by atoms with Crippen LogP contribution in [0.4, 0.5) is 5.69 Å². The van der Waals surface area contributed by atoms with Crippen molar-refractivity contribution in [3.05, 3.63) is 64.7 Å². The van der Waals surface area contributed by atoms with Gasteiger partial charge in [0.25, 0.3) is 0 Å². The lowest BCUT2D eigenvalue weighted by Crippen LogP contribution is -2.06. The summed E-state index contributed by atoms with van der Waals surface area (Å²) >= 11 is 5.82. The molecular weight excluding hydrogens is 262 g/mol. The van der Waals surface area contributed by atoms with Crippen LogP contribution in [0.25, 0.3) is 0 Å². The summed E-state index contributed by atoms with van der Waals surface area (Å²) in [5, 5.41) is 12.8. The van der Waals surface area contributed by atoms with E-state index in [-0.39, 0.29) is 5.56 Å². The molecule has 0 aromatic heterocycles. The minimum absolute atomic E-state index is 0.288. The van der Waals surface area contributed by atoms with E-state index in [4.69, 9.17) is 16.7 Å². The number of hydrogen-bond acceptors (Lipinski definition) is 2. The van der Waals surface area contributed by atoms with Crippen molar-refractivity contribution in [1.82, 2.24) is 0 Å². The van der Waals surface area contributed by atoms with Crippen molar-refractivity contribution in [2.45, 2.75) is 6.42 Å². The van der Waals surface area contributed by atoms with Crippen LogP contribution in [0.3, 0.4) is 0 Å². The van der Waals surface area contributed by atoms with E-state index in [1.165, 1.54) is 5.56 Å². The van der Waals surface area contributed by atoms with Crippen LogP contribution in [0.5, 0.6) is 0 Å². The molecule has 0 saturated heterocycles. The number of carboxylic acids is 1.